The van der Waals surface area contributed by atoms with Crippen molar-refractivity contribution in [2.45, 2.75) is 13.3 Å². The van der Waals surface area contributed by atoms with Crippen molar-refractivity contribution >= 4 is 70.3 Å². The van der Waals surface area contributed by atoms with Crippen molar-refractivity contribution in [2.75, 3.05) is 0 Å². The molecule has 0 spiro atoms. The fourth-order valence-corrected chi connectivity index (χ4v) is 8.05. The van der Waals surface area contributed by atoms with Gasteiger partial charge in [-0.15, -0.1) is 11.3 Å². The SMILES string of the molecule is CC1=C(c2ccc(-c3ccc4ccccc4c3)cc2)N=C(c2cccc3c2sc2cc4ccccc4cc23)N=C(c2ccccc2)C1. The van der Waals surface area contributed by atoms with Gasteiger partial charge in [0.15, 0.2) is 5.84 Å². The zero-order valence-corrected chi connectivity index (χ0v) is 26.8. The fourth-order valence-electron chi connectivity index (χ4n) is 6.81. The van der Waals surface area contributed by atoms with Crippen molar-refractivity contribution in [1.82, 2.24) is 0 Å². The first-order valence-electron chi connectivity index (χ1n) is 16.0. The maximum absolute atomic E-state index is 5.41. The Morgan fingerprint density at radius 1 is 0.489 bits per heavy atom. The summed E-state index contributed by atoms with van der Waals surface area (Å²) < 4.78 is 2.50. The molecule has 1 aromatic heterocycles. The second-order valence-electron chi connectivity index (χ2n) is 12.3. The summed E-state index contributed by atoms with van der Waals surface area (Å²) in [5, 5.41) is 7.55. The average Bonchev–Trinajstić information content (AvgIpc) is 3.39. The minimum atomic E-state index is 0.729. The molecule has 1 aliphatic rings. The van der Waals surface area contributed by atoms with Crippen LogP contribution in [0.4, 0.5) is 0 Å². The van der Waals surface area contributed by atoms with E-state index in [0.717, 1.165) is 40.4 Å². The fraction of sp³-hybridized carbons (Fsp3) is 0.0455. The number of allylic oxidation sites excluding steroid dienone is 1. The van der Waals surface area contributed by atoms with Gasteiger partial charge in [-0.05, 0) is 75.0 Å². The average molecular weight is 619 g/mol. The zero-order chi connectivity index (χ0) is 31.3. The molecule has 2 heterocycles. The van der Waals surface area contributed by atoms with E-state index in [1.807, 2.05) is 11.3 Å². The number of fused-ring (bicyclic) bond motifs is 5. The molecule has 0 N–H and O–H groups in total. The topological polar surface area (TPSA) is 24.7 Å². The summed E-state index contributed by atoms with van der Waals surface area (Å²) in [5.41, 5.74) is 8.93. The molecule has 0 fully saturated rings. The van der Waals surface area contributed by atoms with Crippen molar-refractivity contribution in [1.29, 1.82) is 0 Å². The number of hydrogen-bond donors (Lipinski definition) is 0. The van der Waals surface area contributed by atoms with Crippen molar-refractivity contribution < 1.29 is 0 Å². The first-order chi connectivity index (χ1) is 23.2. The lowest BCUT2D eigenvalue weighted by Crippen LogP contribution is -2.05. The molecule has 3 heteroatoms. The normalized spacial score (nSPS) is 13.7. The van der Waals surface area contributed by atoms with Crippen LogP contribution >= 0.6 is 11.3 Å². The second-order valence-corrected chi connectivity index (χ2v) is 13.3. The molecule has 47 heavy (non-hydrogen) atoms. The molecule has 0 aliphatic carbocycles. The first kappa shape index (κ1) is 27.7. The molecule has 0 radical (unpaired) electrons. The smallest absolute Gasteiger partial charge is 0.161 e. The van der Waals surface area contributed by atoms with E-state index in [0.29, 0.717) is 0 Å². The molecule has 8 aromatic rings. The Bertz CT molecular complexity index is 2590. The Hall–Kier alpha value is -5.64. The molecule has 0 bridgehead atoms. The quantitative estimate of drug-likeness (QED) is 0.187. The number of hydrogen-bond acceptors (Lipinski definition) is 3. The molecule has 7 aromatic carbocycles. The standard InChI is InChI=1S/C44H30N2S/c1-28-24-40(31-11-3-2-4-12-31)45-44(38-17-9-16-37-39-26-34-14-7-8-15-35(34)27-41(39)47-43(37)38)46-42(28)32-21-18-30(19-22-32)36-23-20-29-10-5-6-13-33(29)25-36/h2-23,25-27H,24H2,1H3. The van der Waals surface area contributed by atoms with Crippen LogP contribution in [0.2, 0.25) is 0 Å². The van der Waals surface area contributed by atoms with Gasteiger partial charge in [-0.1, -0.05) is 127 Å². The predicted octanol–water partition coefficient (Wildman–Crippen LogP) is 12.1. The van der Waals surface area contributed by atoms with E-state index in [1.54, 1.807) is 0 Å². The van der Waals surface area contributed by atoms with Gasteiger partial charge in [0, 0.05) is 37.7 Å². The lowest BCUT2D eigenvalue weighted by atomic mass is 9.97. The highest BCUT2D eigenvalue weighted by atomic mass is 32.1. The number of amidine groups is 1. The minimum absolute atomic E-state index is 0.729. The van der Waals surface area contributed by atoms with E-state index in [-0.39, 0.29) is 0 Å². The van der Waals surface area contributed by atoms with Crippen LogP contribution in [-0.2, 0) is 0 Å². The molecule has 0 saturated heterocycles. The van der Waals surface area contributed by atoms with E-state index in [9.17, 15) is 0 Å². The van der Waals surface area contributed by atoms with Crippen LogP contribution in [0.5, 0.6) is 0 Å². The monoisotopic (exact) mass is 618 g/mol. The van der Waals surface area contributed by atoms with Crippen LogP contribution in [0.1, 0.15) is 30.0 Å². The van der Waals surface area contributed by atoms with Gasteiger partial charge < -0.3 is 0 Å². The summed E-state index contributed by atoms with van der Waals surface area (Å²) >= 11 is 1.83. The molecule has 2 nitrogen and oxygen atoms in total. The number of thiophene rings is 1. The third kappa shape index (κ3) is 4.97. The Labute approximate surface area is 277 Å². The van der Waals surface area contributed by atoms with Gasteiger partial charge in [-0.25, -0.2) is 9.98 Å². The molecule has 1 aliphatic heterocycles. The molecule has 0 saturated carbocycles. The van der Waals surface area contributed by atoms with Crippen LogP contribution in [0, 0.1) is 0 Å². The molecule has 0 atom stereocenters. The highest BCUT2D eigenvalue weighted by Crippen LogP contribution is 2.39. The van der Waals surface area contributed by atoms with Crippen LogP contribution in [0.15, 0.2) is 167 Å². The van der Waals surface area contributed by atoms with E-state index in [2.05, 4.69) is 159 Å². The van der Waals surface area contributed by atoms with Crippen molar-refractivity contribution in [3.8, 4) is 11.1 Å². The molecular formula is C44H30N2S. The summed E-state index contributed by atoms with van der Waals surface area (Å²) in [6.07, 6.45) is 0.729. The first-order valence-corrected chi connectivity index (χ1v) is 16.8. The van der Waals surface area contributed by atoms with Crippen LogP contribution < -0.4 is 0 Å². The lowest BCUT2D eigenvalue weighted by molar-refractivity contribution is 1.25. The van der Waals surface area contributed by atoms with Gasteiger partial charge in [-0.2, -0.15) is 0 Å². The Morgan fingerprint density at radius 3 is 1.94 bits per heavy atom. The highest BCUT2D eigenvalue weighted by Gasteiger charge is 2.20. The van der Waals surface area contributed by atoms with Crippen LogP contribution in [0.3, 0.4) is 0 Å². The predicted molar refractivity (Wildman–Crippen MR) is 203 cm³/mol. The Morgan fingerprint density at radius 2 is 1.15 bits per heavy atom. The minimum Gasteiger partial charge on any atom is -0.232 e. The summed E-state index contributed by atoms with van der Waals surface area (Å²) in [6, 6.07) is 54.4. The van der Waals surface area contributed by atoms with Crippen LogP contribution in [0.25, 0.3) is 58.5 Å². The van der Waals surface area contributed by atoms with Crippen LogP contribution in [-0.4, -0.2) is 11.5 Å². The number of aliphatic imine (C=N–C) groups is 2. The van der Waals surface area contributed by atoms with E-state index < -0.39 is 0 Å². The Balaban J connectivity index is 1.19. The third-order valence-electron chi connectivity index (χ3n) is 9.25. The van der Waals surface area contributed by atoms with Crippen molar-refractivity contribution in [3.05, 3.63) is 174 Å². The number of nitrogens with zero attached hydrogens (tertiary/aromatic N) is 2. The largest absolute Gasteiger partial charge is 0.232 e. The summed E-state index contributed by atoms with van der Waals surface area (Å²) in [7, 11) is 0. The third-order valence-corrected chi connectivity index (χ3v) is 10.5. The van der Waals surface area contributed by atoms with Gasteiger partial charge in [0.25, 0.3) is 0 Å². The summed E-state index contributed by atoms with van der Waals surface area (Å²) in [4.78, 5) is 10.8. The number of rotatable bonds is 4. The lowest BCUT2D eigenvalue weighted by Gasteiger charge is -2.10. The van der Waals surface area contributed by atoms with Crippen molar-refractivity contribution in [3.63, 3.8) is 0 Å². The Kier molecular flexibility index (Phi) is 6.65. The number of benzene rings is 7. The van der Waals surface area contributed by atoms with E-state index in [4.69, 9.17) is 9.98 Å². The molecular weight excluding hydrogens is 589 g/mol. The van der Waals surface area contributed by atoms with Gasteiger partial charge >= 0.3 is 0 Å². The van der Waals surface area contributed by atoms with Gasteiger partial charge in [-0.3, -0.25) is 0 Å². The van der Waals surface area contributed by atoms with Gasteiger partial charge in [0.05, 0.1) is 11.4 Å². The molecule has 9 rings (SSSR count). The van der Waals surface area contributed by atoms with E-state index in [1.165, 1.54) is 58.4 Å². The maximum Gasteiger partial charge on any atom is 0.161 e. The molecule has 222 valence electrons. The maximum atomic E-state index is 5.41. The van der Waals surface area contributed by atoms with Crippen molar-refractivity contribution in [2.24, 2.45) is 9.98 Å². The highest BCUT2D eigenvalue weighted by molar-refractivity contribution is 7.26. The second kappa shape index (κ2) is 11.3. The zero-order valence-electron chi connectivity index (χ0n) is 25.9. The molecule has 0 amide bonds. The van der Waals surface area contributed by atoms with Gasteiger partial charge in [0.2, 0.25) is 0 Å². The summed E-state index contributed by atoms with van der Waals surface area (Å²) in [5.74, 6) is 0.760. The molecule has 0 unspecified atom stereocenters. The van der Waals surface area contributed by atoms with E-state index >= 15 is 0 Å². The van der Waals surface area contributed by atoms with Gasteiger partial charge in [0.1, 0.15) is 0 Å². The summed E-state index contributed by atoms with van der Waals surface area (Å²) in [6.45, 7) is 2.20.